The minimum Gasteiger partial charge on any atom is -0.425 e. The number of aryl methyl sites for hydroxylation is 3. The molecular formula is C16H18N4O3S2. The maximum Gasteiger partial charge on any atom is 0.263 e. The normalized spacial score (nSPS) is 13.7. The first-order chi connectivity index (χ1) is 12.2. The van der Waals surface area contributed by atoms with E-state index in [2.05, 4.69) is 10.2 Å². The van der Waals surface area contributed by atoms with E-state index in [-0.39, 0.29) is 5.56 Å². The van der Waals surface area contributed by atoms with Crippen molar-refractivity contribution < 1.29 is 9.15 Å². The summed E-state index contributed by atoms with van der Waals surface area (Å²) in [5.41, 5.74) is 1.23. The summed E-state index contributed by atoms with van der Waals surface area (Å²) in [5.74, 6) is 1.55. The Balaban J connectivity index is 1.74. The van der Waals surface area contributed by atoms with Crippen LogP contribution in [0.2, 0.25) is 0 Å². The zero-order valence-electron chi connectivity index (χ0n) is 14.1. The molecule has 4 rings (SSSR count). The number of thiophene rings is 1. The maximum absolute atomic E-state index is 13.1. The lowest BCUT2D eigenvalue weighted by atomic mass is 10.2. The van der Waals surface area contributed by atoms with E-state index >= 15 is 0 Å². The van der Waals surface area contributed by atoms with Gasteiger partial charge in [0, 0.05) is 18.9 Å². The number of nitrogens with zero attached hydrogens (tertiary/aromatic N) is 4. The van der Waals surface area contributed by atoms with E-state index in [0.29, 0.717) is 35.8 Å². The molecule has 0 saturated carbocycles. The summed E-state index contributed by atoms with van der Waals surface area (Å²) in [4.78, 5) is 20.0. The van der Waals surface area contributed by atoms with Gasteiger partial charge in [0.1, 0.15) is 4.83 Å². The molecule has 0 atom stereocenters. The van der Waals surface area contributed by atoms with E-state index in [1.54, 1.807) is 29.9 Å². The average molecular weight is 378 g/mol. The first-order valence-electron chi connectivity index (χ1n) is 8.13. The van der Waals surface area contributed by atoms with Gasteiger partial charge in [0.2, 0.25) is 11.8 Å². The molecule has 3 heterocycles. The molecule has 1 aliphatic rings. The summed E-state index contributed by atoms with van der Waals surface area (Å²) in [5, 5.41) is 9.31. The molecule has 3 aromatic heterocycles. The van der Waals surface area contributed by atoms with Gasteiger partial charge in [-0.3, -0.25) is 9.36 Å². The minimum atomic E-state index is 0.0330. The number of ether oxygens (including phenoxy) is 1. The molecule has 0 unspecified atom stereocenters. The summed E-state index contributed by atoms with van der Waals surface area (Å²) >= 11 is 3.09. The van der Waals surface area contributed by atoms with Gasteiger partial charge in [-0.2, -0.15) is 0 Å². The quantitative estimate of drug-likeness (QED) is 0.481. The molecule has 7 nitrogen and oxygen atoms in total. The molecule has 0 radical (unpaired) electrons. The molecule has 0 aliphatic heterocycles. The lowest BCUT2D eigenvalue weighted by Gasteiger charge is -2.11. The van der Waals surface area contributed by atoms with Gasteiger partial charge in [-0.1, -0.05) is 11.8 Å². The van der Waals surface area contributed by atoms with Crippen LogP contribution in [0.3, 0.4) is 0 Å². The third kappa shape index (κ3) is 3.11. The molecule has 0 bridgehead atoms. The number of aromatic nitrogens is 4. The number of hydrogen-bond acceptors (Lipinski definition) is 8. The molecule has 0 aromatic carbocycles. The number of fused-ring (bicyclic) bond motifs is 3. The van der Waals surface area contributed by atoms with Gasteiger partial charge in [0.25, 0.3) is 5.56 Å². The molecule has 0 N–H and O–H groups in total. The minimum absolute atomic E-state index is 0.0330. The molecule has 0 fully saturated rings. The van der Waals surface area contributed by atoms with Crippen LogP contribution >= 0.6 is 23.1 Å². The summed E-state index contributed by atoms with van der Waals surface area (Å²) in [6.45, 7) is 2.70. The summed E-state index contributed by atoms with van der Waals surface area (Å²) in [6.07, 6.45) is 3.16. The topological polar surface area (TPSA) is 83.0 Å². The zero-order valence-corrected chi connectivity index (χ0v) is 15.7. The van der Waals surface area contributed by atoms with Crippen molar-refractivity contribution >= 4 is 33.3 Å². The van der Waals surface area contributed by atoms with Crippen LogP contribution in [0.4, 0.5) is 0 Å². The van der Waals surface area contributed by atoms with Gasteiger partial charge in [-0.25, -0.2) is 4.98 Å². The Bertz CT molecular complexity index is 976. The Kier molecular flexibility index (Phi) is 4.61. The van der Waals surface area contributed by atoms with Crippen LogP contribution in [0.1, 0.15) is 28.6 Å². The highest BCUT2D eigenvalue weighted by Gasteiger charge is 2.23. The second-order valence-corrected chi connectivity index (χ2v) is 7.91. The molecule has 3 aromatic rings. The van der Waals surface area contributed by atoms with E-state index in [9.17, 15) is 4.79 Å². The van der Waals surface area contributed by atoms with Crippen molar-refractivity contribution in [3.63, 3.8) is 0 Å². The van der Waals surface area contributed by atoms with Crippen LogP contribution in [0.5, 0.6) is 0 Å². The number of thioether (sulfide) groups is 1. The largest absolute Gasteiger partial charge is 0.425 e. The van der Waals surface area contributed by atoms with E-state index in [0.717, 1.165) is 29.5 Å². The van der Waals surface area contributed by atoms with Gasteiger partial charge in [-0.05, 0) is 24.8 Å². The Morgan fingerprint density at radius 1 is 1.36 bits per heavy atom. The first kappa shape index (κ1) is 16.7. The third-order valence-corrected chi connectivity index (χ3v) is 6.35. The fourth-order valence-corrected chi connectivity index (χ4v) is 5.23. The lowest BCUT2D eigenvalue weighted by Crippen LogP contribution is -2.25. The molecule has 0 amide bonds. The van der Waals surface area contributed by atoms with E-state index in [1.807, 2.05) is 0 Å². The van der Waals surface area contributed by atoms with Gasteiger partial charge in [0.15, 0.2) is 5.16 Å². The molecule has 9 heteroatoms. The third-order valence-electron chi connectivity index (χ3n) is 4.20. The highest BCUT2D eigenvalue weighted by Crippen LogP contribution is 2.35. The summed E-state index contributed by atoms with van der Waals surface area (Å²) < 4.78 is 12.3. The first-order valence-corrected chi connectivity index (χ1v) is 9.93. The zero-order chi connectivity index (χ0) is 17.4. The molecule has 132 valence electrons. The average Bonchev–Trinajstić information content (AvgIpc) is 3.27. The van der Waals surface area contributed by atoms with Crippen molar-refractivity contribution in [1.82, 2.24) is 19.7 Å². The van der Waals surface area contributed by atoms with Gasteiger partial charge in [0.05, 0.1) is 24.3 Å². The van der Waals surface area contributed by atoms with Crippen LogP contribution in [0.15, 0.2) is 14.4 Å². The fourth-order valence-electron chi connectivity index (χ4n) is 3.07. The van der Waals surface area contributed by atoms with E-state index < -0.39 is 0 Å². The summed E-state index contributed by atoms with van der Waals surface area (Å²) in [7, 11) is 1.63. The SMILES string of the molecule is COCCn1c(SCc2nnc(C)o2)nc2sc3c(c2c1=O)CCC3. The predicted molar refractivity (Wildman–Crippen MR) is 96.4 cm³/mol. The van der Waals surface area contributed by atoms with E-state index in [4.69, 9.17) is 14.1 Å². The fraction of sp³-hybridized carbons (Fsp3) is 0.500. The highest BCUT2D eigenvalue weighted by molar-refractivity contribution is 7.98. The van der Waals surface area contributed by atoms with Gasteiger partial charge >= 0.3 is 0 Å². The van der Waals surface area contributed by atoms with Crippen LogP contribution in [0, 0.1) is 6.92 Å². The Labute approximate surface area is 152 Å². The van der Waals surface area contributed by atoms with Crippen LogP contribution < -0.4 is 5.56 Å². The monoisotopic (exact) mass is 378 g/mol. The van der Waals surface area contributed by atoms with Crippen molar-refractivity contribution in [3.8, 4) is 0 Å². The Morgan fingerprint density at radius 2 is 2.24 bits per heavy atom. The molecule has 0 spiro atoms. The van der Waals surface area contributed by atoms with Crippen LogP contribution in [-0.2, 0) is 29.9 Å². The highest BCUT2D eigenvalue weighted by atomic mass is 32.2. The van der Waals surface area contributed by atoms with Crippen molar-refractivity contribution in [2.45, 2.75) is 43.6 Å². The Morgan fingerprint density at radius 3 is 3.00 bits per heavy atom. The van der Waals surface area contributed by atoms with Crippen LogP contribution in [0.25, 0.3) is 10.2 Å². The van der Waals surface area contributed by atoms with E-state index in [1.165, 1.54) is 22.2 Å². The van der Waals surface area contributed by atoms with Gasteiger partial charge < -0.3 is 9.15 Å². The maximum atomic E-state index is 13.1. The standard InChI is InChI=1S/C16H18N4O3S2/c1-9-18-19-12(23-9)8-24-16-17-14-13(10-4-3-5-11(10)25-14)15(21)20(16)6-7-22-2/h3-8H2,1-2H3. The number of hydrogen-bond donors (Lipinski definition) is 0. The second-order valence-electron chi connectivity index (χ2n) is 5.88. The molecule has 1 aliphatic carbocycles. The summed E-state index contributed by atoms with van der Waals surface area (Å²) in [6, 6.07) is 0. The van der Waals surface area contributed by atoms with Crippen LogP contribution in [-0.4, -0.2) is 33.5 Å². The number of rotatable bonds is 6. The Hall–Kier alpha value is -1.71. The molecular weight excluding hydrogens is 360 g/mol. The molecule has 25 heavy (non-hydrogen) atoms. The second kappa shape index (κ2) is 6.89. The predicted octanol–water partition coefficient (Wildman–Crippen LogP) is 2.58. The smallest absolute Gasteiger partial charge is 0.263 e. The number of methoxy groups -OCH3 is 1. The van der Waals surface area contributed by atoms with Crippen molar-refractivity contribution in [2.24, 2.45) is 0 Å². The lowest BCUT2D eigenvalue weighted by molar-refractivity contribution is 0.183. The van der Waals surface area contributed by atoms with Crippen molar-refractivity contribution in [1.29, 1.82) is 0 Å². The van der Waals surface area contributed by atoms with Crippen molar-refractivity contribution in [2.75, 3.05) is 13.7 Å². The van der Waals surface area contributed by atoms with Gasteiger partial charge in [-0.15, -0.1) is 21.5 Å². The molecule has 0 saturated heterocycles. The van der Waals surface area contributed by atoms with Crippen molar-refractivity contribution in [3.05, 3.63) is 32.6 Å².